The molecule has 0 aromatic heterocycles. The molecule has 0 fully saturated rings. The minimum Gasteiger partial charge on any atom is -0.339 e. The lowest BCUT2D eigenvalue weighted by Crippen LogP contribution is -2.18. The van der Waals surface area contributed by atoms with E-state index >= 15 is 0 Å². The molecule has 0 saturated carbocycles. The van der Waals surface area contributed by atoms with Gasteiger partial charge in [-0.1, -0.05) is 23.8 Å². The van der Waals surface area contributed by atoms with Crippen molar-refractivity contribution in [1.29, 1.82) is 0 Å². The summed E-state index contributed by atoms with van der Waals surface area (Å²) in [5.41, 5.74) is 9.37. The van der Waals surface area contributed by atoms with Gasteiger partial charge in [-0.2, -0.15) is 0 Å². The van der Waals surface area contributed by atoms with E-state index in [0.29, 0.717) is 12.2 Å². The lowest BCUT2D eigenvalue weighted by atomic mass is 10.1. The Morgan fingerprint density at radius 2 is 1.80 bits per heavy atom. The molecule has 0 heterocycles. The Kier molecular flexibility index (Phi) is 4.40. The van der Waals surface area contributed by atoms with Crippen LogP contribution in [0, 0.1) is 12.7 Å². The van der Waals surface area contributed by atoms with Gasteiger partial charge in [-0.25, -0.2) is 4.39 Å². The van der Waals surface area contributed by atoms with E-state index in [1.807, 2.05) is 56.0 Å². The maximum absolute atomic E-state index is 14.3. The molecule has 0 amide bonds. The third-order valence-corrected chi connectivity index (χ3v) is 3.45. The van der Waals surface area contributed by atoms with Crippen LogP contribution in [0.1, 0.15) is 31.0 Å². The normalized spacial score (nSPS) is 12.2. The summed E-state index contributed by atoms with van der Waals surface area (Å²) in [4.78, 5) is 1.96. The molecular weight excluding hydrogens is 251 g/mol. The zero-order chi connectivity index (χ0) is 14.7. The van der Waals surface area contributed by atoms with Crippen LogP contribution in [0.25, 0.3) is 0 Å². The van der Waals surface area contributed by atoms with Crippen molar-refractivity contribution in [2.45, 2.75) is 26.8 Å². The molecule has 3 heteroatoms. The Hall–Kier alpha value is -1.87. The summed E-state index contributed by atoms with van der Waals surface area (Å²) >= 11 is 0. The van der Waals surface area contributed by atoms with E-state index in [0.717, 1.165) is 11.3 Å². The van der Waals surface area contributed by atoms with Crippen molar-refractivity contribution >= 4 is 11.4 Å². The fourth-order valence-electron chi connectivity index (χ4n) is 2.24. The number of anilines is 2. The van der Waals surface area contributed by atoms with Crippen LogP contribution in [-0.2, 0) is 0 Å². The van der Waals surface area contributed by atoms with Crippen molar-refractivity contribution in [2.24, 2.45) is 5.73 Å². The number of rotatable bonds is 4. The van der Waals surface area contributed by atoms with E-state index in [-0.39, 0.29) is 11.9 Å². The first kappa shape index (κ1) is 14.5. The first-order valence-corrected chi connectivity index (χ1v) is 6.92. The molecule has 0 spiro atoms. The molecule has 0 bridgehead atoms. The number of hydrogen-bond donors (Lipinski definition) is 1. The molecule has 2 aromatic rings. The van der Waals surface area contributed by atoms with Gasteiger partial charge in [0, 0.05) is 18.3 Å². The summed E-state index contributed by atoms with van der Waals surface area (Å²) in [6, 6.07) is 13.1. The first-order valence-electron chi connectivity index (χ1n) is 6.92. The second kappa shape index (κ2) is 6.06. The van der Waals surface area contributed by atoms with Gasteiger partial charge in [0.05, 0.1) is 5.69 Å². The number of halogens is 1. The van der Waals surface area contributed by atoms with Gasteiger partial charge in [0.2, 0.25) is 0 Å². The smallest absolute Gasteiger partial charge is 0.147 e. The SMILES string of the molecule is CCN(c1ccc(C)cc1)c1ccc(C(C)N)cc1F. The van der Waals surface area contributed by atoms with Crippen LogP contribution in [0.5, 0.6) is 0 Å². The molecular formula is C17H21FN2. The van der Waals surface area contributed by atoms with Crippen molar-refractivity contribution in [3.63, 3.8) is 0 Å². The predicted molar refractivity (Wildman–Crippen MR) is 82.9 cm³/mol. The van der Waals surface area contributed by atoms with Crippen molar-refractivity contribution in [3.05, 3.63) is 59.4 Å². The molecule has 1 atom stereocenters. The van der Waals surface area contributed by atoms with Gasteiger partial charge in [-0.05, 0) is 50.6 Å². The molecule has 0 aliphatic carbocycles. The largest absolute Gasteiger partial charge is 0.339 e. The quantitative estimate of drug-likeness (QED) is 0.898. The van der Waals surface area contributed by atoms with E-state index in [9.17, 15) is 4.39 Å². The zero-order valence-corrected chi connectivity index (χ0v) is 12.2. The van der Waals surface area contributed by atoms with Gasteiger partial charge < -0.3 is 10.6 Å². The molecule has 0 radical (unpaired) electrons. The zero-order valence-electron chi connectivity index (χ0n) is 12.2. The van der Waals surface area contributed by atoms with Gasteiger partial charge in [0.25, 0.3) is 0 Å². The van der Waals surface area contributed by atoms with E-state index < -0.39 is 0 Å². The van der Waals surface area contributed by atoms with E-state index in [2.05, 4.69) is 0 Å². The van der Waals surface area contributed by atoms with Gasteiger partial charge in [0.1, 0.15) is 5.82 Å². The highest BCUT2D eigenvalue weighted by molar-refractivity contribution is 5.64. The average Bonchev–Trinajstić information content (AvgIpc) is 2.43. The van der Waals surface area contributed by atoms with Crippen molar-refractivity contribution in [2.75, 3.05) is 11.4 Å². The summed E-state index contributed by atoms with van der Waals surface area (Å²) in [6.45, 7) is 6.61. The number of hydrogen-bond acceptors (Lipinski definition) is 2. The fourth-order valence-corrected chi connectivity index (χ4v) is 2.24. The van der Waals surface area contributed by atoms with Crippen LogP contribution in [0.4, 0.5) is 15.8 Å². The molecule has 2 N–H and O–H groups in total. The second-order valence-corrected chi connectivity index (χ2v) is 5.08. The fraction of sp³-hybridized carbons (Fsp3) is 0.294. The van der Waals surface area contributed by atoms with Crippen LogP contribution in [0.15, 0.2) is 42.5 Å². The standard InChI is InChI=1S/C17H21FN2/c1-4-20(15-8-5-12(2)6-9-15)17-10-7-14(13(3)19)11-16(17)18/h5-11,13H,4,19H2,1-3H3. The van der Waals surface area contributed by atoms with Crippen LogP contribution < -0.4 is 10.6 Å². The maximum Gasteiger partial charge on any atom is 0.147 e. The summed E-state index contributed by atoms with van der Waals surface area (Å²) in [6.07, 6.45) is 0. The van der Waals surface area contributed by atoms with Gasteiger partial charge in [-0.3, -0.25) is 0 Å². The minimum absolute atomic E-state index is 0.159. The van der Waals surface area contributed by atoms with Crippen LogP contribution >= 0.6 is 0 Å². The first-order chi connectivity index (χ1) is 9.52. The summed E-state index contributed by atoms with van der Waals surface area (Å²) in [5, 5.41) is 0. The van der Waals surface area contributed by atoms with E-state index in [1.165, 1.54) is 11.6 Å². The predicted octanol–water partition coefficient (Wildman–Crippen LogP) is 4.31. The Morgan fingerprint density at radius 3 is 2.30 bits per heavy atom. The maximum atomic E-state index is 14.3. The Balaban J connectivity index is 2.39. The van der Waals surface area contributed by atoms with Gasteiger partial charge in [0.15, 0.2) is 0 Å². The topological polar surface area (TPSA) is 29.3 Å². The molecule has 0 saturated heterocycles. The third kappa shape index (κ3) is 2.99. The molecule has 2 rings (SSSR count). The molecule has 1 unspecified atom stereocenters. The number of aryl methyl sites for hydroxylation is 1. The highest BCUT2D eigenvalue weighted by atomic mass is 19.1. The van der Waals surface area contributed by atoms with Crippen LogP contribution in [0.2, 0.25) is 0 Å². The minimum atomic E-state index is -0.234. The second-order valence-electron chi connectivity index (χ2n) is 5.08. The summed E-state index contributed by atoms with van der Waals surface area (Å²) in [5.74, 6) is -0.234. The Labute approximate surface area is 120 Å². The molecule has 2 nitrogen and oxygen atoms in total. The van der Waals surface area contributed by atoms with E-state index in [1.54, 1.807) is 6.07 Å². The van der Waals surface area contributed by atoms with Gasteiger partial charge >= 0.3 is 0 Å². The molecule has 106 valence electrons. The lowest BCUT2D eigenvalue weighted by Gasteiger charge is -2.24. The van der Waals surface area contributed by atoms with E-state index in [4.69, 9.17) is 5.73 Å². The molecule has 20 heavy (non-hydrogen) atoms. The van der Waals surface area contributed by atoms with Crippen LogP contribution in [-0.4, -0.2) is 6.54 Å². The van der Waals surface area contributed by atoms with Crippen molar-refractivity contribution in [1.82, 2.24) is 0 Å². The summed E-state index contributed by atoms with van der Waals surface area (Å²) < 4.78 is 14.3. The monoisotopic (exact) mass is 272 g/mol. The highest BCUT2D eigenvalue weighted by Gasteiger charge is 2.13. The average molecular weight is 272 g/mol. The molecule has 0 aliphatic heterocycles. The highest BCUT2D eigenvalue weighted by Crippen LogP contribution is 2.29. The number of nitrogens with two attached hydrogens (primary N) is 1. The Morgan fingerprint density at radius 1 is 1.15 bits per heavy atom. The van der Waals surface area contributed by atoms with Crippen molar-refractivity contribution in [3.8, 4) is 0 Å². The summed E-state index contributed by atoms with van der Waals surface area (Å²) in [7, 11) is 0. The van der Waals surface area contributed by atoms with Crippen molar-refractivity contribution < 1.29 is 4.39 Å². The third-order valence-electron chi connectivity index (χ3n) is 3.45. The van der Waals surface area contributed by atoms with Gasteiger partial charge in [-0.15, -0.1) is 0 Å². The number of nitrogens with zero attached hydrogens (tertiary/aromatic N) is 1. The lowest BCUT2D eigenvalue weighted by molar-refractivity contribution is 0.620. The molecule has 0 aliphatic rings. The molecule has 2 aromatic carbocycles. The Bertz CT molecular complexity index is 576. The van der Waals surface area contributed by atoms with Crippen LogP contribution in [0.3, 0.4) is 0 Å². The number of benzene rings is 2.